The topological polar surface area (TPSA) is 52.4 Å². The number of halogens is 3. The van der Waals surface area contributed by atoms with E-state index in [4.69, 9.17) is 4.74 Å². The zero-order valence-corrected chi connectivity index (χ0v) is 12.8. The SMILES string of the molecule is Cc1nc(C)n(C[C@@H]2CN(CCOCC(F)(F)F)CCO2)n1. The van der Waals surface area contributed by atoms with Gasteiger partial charge in [-0.2, -0.15) is 18.3 Å². The molecule has 0 amide bonds. The molecule has 0 aliphatic carbocycles. The van der Waals surface area contributed by atoms with Gasteiger partial charge in [0.25, 0.3) is 0 Å². The fraction of sp³-hybridized carbons (Fsp3) is 0.846. The van der Waals surface area contributed by atoms with Crippen LogP contribution in [0.1, 0.15) is 11.6 Å². The highest BCUT2D eigenvalue weighted by Gasteiger charge is 2.27. The van der Waals surface area contributed by atoms with E-state index in [1.54, 1.807) is 4.68 Å². The predicted octanol–water partition coefficient (Wildman–Crippen LogP) is 1.17. The summed E-state index contributed by atoms with van der Waals surface area (Å²) >= 11 is 0. The molecule has 2 rings (SSSR count). The lowest BCUT2D eigenvalue weighted by molar-refractivity contribution is -0.175. The van der Waals surface area contributed by atoms with Gasteiger partial charge in [0.05, 0.1) is 25.9 Å². The second kappa shape index (κ2) is 7.38. The van der Waals surface area contributed by atoms with E-state index in [0.717, 1.165) is 5.82 Å². The van der Waals surface area contributed by atoms with E-state index in [2.05, 4.69) is 14.8 Å². The first-order chi connectivity index (χ1) is 10.3. The minimum atomic E-state index is -4.27. The van der Waals surface area contributed by atoms with Crippen molar-refractivity contribution in [1.82, 2.24) is 19.7 Å². The zero-order chi connectivity index (χ0) is 16.2. The summed E-state index contributed by atoms with van der Waals surface area (Å²) in [6.07, 6.45) is -4.31. The summed E-state index contributed by atoms with van der Waals surface area (Å²) in [6, 6.07) is 0. The first-order valence-corrected chi connectivity index (χ1v) is 7.20. The van der Waals surface area contributed by atoms with Crippen LogP contribution >= 0.6 is 0 Å². The van der Waals surface area contributed by atoms with Gasteiger partial charge in [-0.25, -0.2) is 9.67 Å². The molecule has 1 aromatic heterocycles. The summed E-state index contributed by atoms with van der Waals surface area (Å²) in [5.41, 5.74) is 0. The van der Waals surface area contributed by atoms with Crippen LogP contribution in [0.5, 0.6) is 0 Å². The fourth-order valence-corrected chi connectivity index (χ4v) is 2.40. The first kappa shape index (κ1) is 17.2. The number of hydrogen-bond acceptors (Lipinski definition) is 5. The third-order valence-corrected chi connectivity index (χ3v) is 3.38. The Morgan fingerprint density at radius 2 is 2.14 bits per heavy atom. The lowest BCUT2D eigenvalue weighted by Crippen LogP contribution is -2.45. The number of hydrogen-bond donors (Lipinski definition) is 0. The van der Waals surface area contributed by atoms with Crippen molar-refractivity contribution in [3.63, 3.8) is 0 Å². The average Bonchev–Trinajstić information content (AvgIpc) is 2.72. The summed E-state index contributed by atoms with van der Waals surface area (Å²) in [4.78, 5) is 6.28. The summed E-state index contributed by atoms with van der Waals surface area (Å²) in [6.45, 7) is 5.52. The molecule has 1 fully saturated rings. The van der Waals surface area contributed by atoms with E-state index in [-0.39, 0.29) is 12.7 Å². The highest BCUT2D eigenvalue weighted by atomic mass is 19.4. The summed E-state index contributed by atoms with van der Waals surface area (Å²) in [7, 11) is 0. The molecule has 1 aromatic rings. The van der Waals surface area contributed by atoms with Gasteiger partial charge in [0.1, 0.15) is 18.3 Å². The Morgan fingerprint density at radius 3 is 2.77 bits per heavy atom. The van der Waals surface area contributed by atoms with Gasteiger partial charge in [-0.3, -0.25) is 4.90 Å². The summed E-state index contributed by atoms with van der Waals surface area (Å²) in [5.74, 6) is 1.54. The molecule has 2 heterocycles. The molecule has 0 N–H and O–H groups in total. The first-order valence-electron chi connectivity index (χ1n) is 7.20. The number of alkyl halides is 3. The Hall–Kier alpha value is -1.19. The predicted molar refractivity (Wildman–Crippen MR) is 72.6 cm³/mol. The third kappa shape index (κ3) is 5.54. The molecule has 1 atom stereocenters. The van der Waals surface area contributed by atoms with E-state index in [9.17, 15) is 13.2 Å². The Labute approximate surface area is 127 Å². The van der Waals surface area contributed by atoms with E-state index < -0.39 is 12.8 Å². The average molecular weight is 322 g/mol. The molecule has 1 saturated heterocycles. The van der Waals surface area contributed by atoms with E-state index in [1.807, 2.05) is 18.7 Å². The van der Waals surface area contributed by atoms with Crippen molar-refractivity contribution >= 4 is 0 Å². The van der Waals surface area contributed by atoms with Crippen LogP contribution in [-0.4, -0.2) is 71.4 Å². The van der Waals surface area contributed by atoms with Crippen LogP contribution in [0.15, 0.2) is 0 Å². The van der Waals surface area contributed by atoms with Gasteiger partial charge >= 0.3 is 6.18 Å². The minimum Gasteiger partial charge on any atom is -0.374 e. The smallest absolute Gasteiger partial charge is 0.374 e. The van der Waals surface area contributed by atoms with Crippen LogP contribution in [0, 0.1) is 13.8 Å². The standard InChI is InChI=1S/C13H21F3N4O2/c1-10-17-11(2)20(18-10)8-12-7-19(4-6-22-12)3-5-21-9-13(14,15)16/h12H,3-9H2,1-2H3/t12-/m0/s1. The normalized spacial score (nSPS) is 20.5. The highest BCUT2D eigenvalue weighted by Crippen LogP contribution is 2.14. The maximum Gasteiger partial charge on any atom is 0.411 e. The molecule has 0 spiro atoms. The molecular formula is C13H21F3N4O2. The van der Waals surface area contributed by atoms with E-state index >= 15 is 0 Å². The molecule has 0 aromatic carbocycles. The van der Waals surface area contributed by atoms with Crippen LogP contribution in [-0.2, 0) is 16.0 Å². The lowest BCUT2D eigenvalue weighted by Gasteiger charge is -2.32. The van der Waals surface area contributed by atoms with Crippen LogP contribution in [0.3, 0.4) is 0 Å². The van der Waals surface area contributed by atoms with Crippen LogP contribution in [0.4, 0.5) is 13.2 Å². The number of aryl methyl sites for hydroxylation is 2. The van der Waals surface area contributed by atoms with Crippen molar-refractivity contribution in [3.8, 4) is 0 Å². The Bertz CT molecular complexity index is 478. The molecule has 126 valence electrons. The molecule has 1 aliphatic rings. The lowest BCUT2D eigenvalue weighted by atomic mass is 10.2. The van der Waals surface area contributed by atoms with Crippen LogP contribution in [0.25, 0.3) is 0 Å². The molecule has 9 heteroatoms. The monoisotopic (exact) mass is 322 g/mol. The molecule has 0 radical (unpaired) electrons. The number of morpholine rings is 1. The van der Waals surface area contributed by atoms with Crippen LogP contribution in [0.2, 0.25) is 0 Å². The zero-order valence-electron chi connectivity index (χ0n) is 12.8. The van der Waals surface area contributed by atoms with Crippen molar-refractivity contribution in [2.75, 3.05) is 39.5 Å². The maximum absolute atomic E-state index is 12.0. The van der Waals surface area contributed by atoms with Crippen molar-refractivity contribution in [3.05, 3.63) is 11.6 Å². The second-order valence-corrected chi connectivity index (χ2v) is 5.35. The third-order valence-electron chi connectivity index (χ3n) is 3.38. The molecular weight excluding hydrogens is 301 g/mol. The summed E-state index contributed by atoms with van der Waals surface area (Å²) < 4.78 is 48.1. The van der Waals surface area contributed by atoms with Crippen molar-refractivity contribution in [2.24, 2.45) is 0 Å². The van der Waals surface area contributed by atoms with Crippen molar-refractivity contribution in [2.45, 2.75) is 32.7 Å². The molecule has 6 nitrogen and oxygen atoms in total. The van der Waals surface area contributed by atoms with Gasteiger partial charge < -0.3 is 9.47 Å². The van der Waals surface area contributed by atoms with Gasteiger partial charge in [-0.1, -0.05) is 0 Å². The summed E-state index contributed by atoms with van der Waals surface area (Å²) in [5, 5.41) is 4.29. The quantitative estimate of drug-likeness (QED) is 0.736. The van der Waals surface area contributed by atoms with E-state index in [0.29, 0.717) is 38.6 Å². The largest absolute Gasteiger partial charge is 0.411 e. The number of nitrogens with zero attached hydrogens (tertiary/aromatic N) is 4. The van der Waals surface area contributed by atoms with Gasteiger partial charge in [0.15, 0.2) is 0 Å². The Balaban J connectivity index is 1.73. The van der Waals surface area contributed by atoms with Crippen LogP contribution < -0.4 is 0 Å². The number of aromatic nitrogens is 3. The second-order valence-electron chi connectivity index (χ2n) is 5.35. The molecule has 22 heavy (non-hydrogen) atoms. The minimum absolute atomic E-state index is 0.0452. The van der Waals surface area contributed by atoms with Gasteiger partial charge in [0, 0.05) is 19.6 Å². The maximum atomic E-state index is 12.0. The van der Waals surface area contributed by atoms with E-state index in [1.165, 1.54) is 0 Å². The fourth-order valence-electron chi connectivity index (χ4n) is 2.40. The number of rotatable bonds is 6. The highest BCUT2D eigenvalue weighted by molar-refractivity contribution is 4.88. The molecule has 1 aliphatic heterocycles. The Kier molecular flexibility index (Phi) is 5.76. The van der Waals surface area contributed by atoms with Gasteiger partial charge in [-0.15, -0.1) is 0 Å². The Morgan fingerprint density at radius 1 is 1.36 bits per heavy atom. The molecule has 0 saturated carbocycles. The van der Waals surface area contributed by atoms with Crippen molar-refractivity contribution < 1.29 is 22.6 Å². The molecule has 0 unspecified atom stereocenters. The molecule has 0 bridgehead atoms. The van der Waals surface area contributed by atoms with Gasteiger partial charge in [0.2, 0.25) is 0 Å². The number of ether oxygens (including phenoxy) is 2. The van der Waals surface area contributed by atoms with Crippen molar-refractivity contribution in [1.29, 1.82) is 0 Å². The van der Waals surface area contributed by atoms with Gasteiger partial charge in [-0.05, 0) is 13.8 Å².